The zero-order valence-corrected chi connectivity index (χ0v) is 14.2. The van der Waals surface area contributed by atoms with E-state index in [1.165, 1.54) is 12.0 Å². The van der Waals surface area contributed by atoms with Crippen LogP contribution in [0.2, 0.25) is 19.6 Å². The molecule has 0 unspecified atom stereocenters. The molecule has 0 aliphatic carbocycles. The van der Waals surface area contributed by atoms with Crippen molar-refractivity contribution in [2.75, 3.05) is 12.0 Å². The van der Waals surface area contributed by atoms with Gasteiger partial charge in [0.2, 0.25) is 0 Å². The molecule has 0 saturated carbocycles. The number of fused-ring (bicyclic) bond motifs is 1. The van der Waals surface area contributed by atoms with Crippen molar-refractivity contribution in [2.24, 2.45) is 0 Å². The first-order valence-corrected chi connectivity index (χ1v) is 10.5. The number of carbonyl (C=O) groups is 2. The van der Waals surface area contributed by atoms with Gasteiger partial charge in [-0.15, -0.1) is 5.54 Å². The Morgan fingerprint density at radius 3 is 2.59 bits per heavy atom. The van der Waals surface area contributed by atoms with Crippen molar-refractivity contribution < 1.29 is 14.3 Å². The fourth-order valence-electron chi connectivity index (χ4n) is 2.21. The molecule has 0 aromatic heterocycles. The van der Waals surface area contributed by atoms with Crippen molar-refractivity contribution in [1.29, 1.82) is 0 Å². The summed E-state index contributed by atoms with van der Waals surface area (Å²) in [7, 11) is -0.307. The summed E-state index contributed by atoms with van der Waals surface area (Å²) in [5.41, 5.74) is 5.21. The Kier molecular flexibility index (Phi) is 4.53. The second-order valence-corrected chi connectivity index (χ2v) is 10.8. The average Bonchev–Trinajstić information content (AvgIpc) is 2.49. The second kappa shape index (κ2) is 6.20. The van der Waals surface area contributed by atoms with Crippen LogP contribution in [0.1, 0.15) is 5.56 Å². The summed E-state index contributed by atoms with van der Waals surface area (Å²) in [6.07, 6.45) is 2.02. The molecule has 1 aliphatic heterocycles. The molecule has 0 saturated heterocycles. The van der Waals surface area contributed by atoms with E-state index in [4.69, 9.17) is 4.74 Å². The number of methoxy groups -OCH3 is 1. The highest BCUT2D eigenvalue weighted by Crippen LogP contribution is 2.32. The minimum Gasteiger partial charge on any atom is -0.452 e. The van der Waals surface area contributed by atoms with Gasteiger partial charge in [0.05, 0.1) is 12.8 Å². The molecule has 0 fully saturated rings. The summed E-state index contributed by atoms with van der Waals surface area (Å²) in [5, 5.41) is 0. The maximum atomic E-state index is 12.2. The first kappa shape index (κ1) is 16.1. The van der Waals surface area contributed by atoms with Crippen molar-refractivity contribution in [3.8, 4) is 11.5 Å². The number of carbonyl (C=O) groups excluding carboxylic acids is 2. The van der Waals surface area contributed by atoms with Gasteiger partial charge in [-0.25, -0.2) is 4.79 Å². The van der Waals surface area contributed by atoms with Crippen LogP contribution in [-0.4, -0.2) is 33.6 Å². The minimum absolute atomic E-state index is 0.467. The van der Waals surface area contributed by atoms with Crippen LogP contribution in [0.25, 0.3) is 6.08 Å². The fourth-order valence-corrected chi connectivity index (χ4v) is 2.78. The monoisotopic (exact) mass is 313 g/mol. The Labute approximate surface area is 131 Å². The van der Waals surface area contributed by atoms with Crippen molar-refractivity contribution in [2.45, 2.75) is 25.7 Å². The van der Waals surface area contributed by atoms with Gasteiger partial charge in [0.25, 0.3) is 0 Å². The van der Waals surface area contributed by atoms with Crippen LogP contribution in [0.4, 0.5) is 10.5 Å². The summed E-state index contributed by atoms with van der Waals surface area (Å²) < 4.78 is 4.89. The van der Waals surface area contributed by atoms with E-state index in [1.54, 1.807) is 6.08 Å². The standard InChI is InChI=1S/C17H19NO3Si/c1-21-17(20)18-15-8-6-5-7-13(15)11-14(12-19)16(18)9-10-22(2,3)4/h5-8,11-12,16H,1-4H3/t16-/m0/s1. The summed E-state index contributed by atoms with van der Waals surface area (Å²) in [4.78, 5) is 25.1. The van der Waals surface area contributed by atoms with Gasteiger partial charge in [-0.1, -0.05) is 43.8 Å². The third kappa shape index (κ3) is 3.29. The normalized spacial score (nSPS) is 16.8. The van der Waals surface area contributed by atoms with E-state index in [0.29, 0.717) is 11.3 Å². The van der Waals surface area contributed by atoms with E-state index in [2.05, 4.69) is 31.1 Å². The molecule has 0 N–H and O–H groups in total. The zero-order valence-electron chi connectivity index (χ0n) is 13.2. The molecule has 2 rings (SSSR count). The highest BCUT2D eigenvalue weighted by Gasteiger charge is 2.32. The number of hydrogen-bond donors (Lipinski definition) is 0. The Hall–Kier alpha value is -2.32. The molecule has 0 radical (unpaired) electrons. The summed E-state index contributed by atoms with van der Waals surface area (Å²) in [6.45, 7) is 6.34. The predicted octanol–water partition coefficient (Wildman–Crippen LogP) is 3.10. The van der Waals surface area contributed by atoms with E-state index in [9.17, 15) is 9.59 Å². The first-order valence-electron chi connectivity index (χ1n) is 7.03. The summed E-state index contributed by atoms with van der Waals surface area (Å²) in [5.74, 6) is 3.11. The Balaban J connectivity index is 2.60. The molecular formula is C17H19NO3Si. The van der Waals surface area contributed by atoms with Crippen LogP contribution >= 0.6 is 0 Å². The second-order valence-electron chi connectivity index (χ2n) is 6.08. The van der Waals surface area contributed by atoms with Crippen molar-refractivity contribution >= 4 is 32.2 Å². The number of ether oxygens (including phenoxy) is 1. The Morgan fingerprint density at radius 2 is 2.00 bits per heavy atom. The van der Waals surface area contributed by atoms with E-state index in [0.717, 1.165) is 11.8 Å². The smallest absolute Gasteiger partial charge is 0.415 e. The molecule has 5 heteroatoms. The van der Waals surface area contributed by atoms with Gasteiger partial charge in [-0.3, -0.25) is 9.69 Å². The molecular weight excluding hydrogens is 294 g/mol. The molecule has 1 aliphatic rings. The quantitative estimate of drug-likeness (QED) is 0.455. The molecule has 0 bridgehead atoms. The predicted molar refractivity (Wildman–Crippen MR) is 90.3 cm³/mol. The van der Waals surface area contributed by atoms with Gasteiger partial charge in [-0.2, -0.15) is 0 Å². The minimum atomic E-state index is -1.63. The number of para-hydroxylation sites is 1. The van der Waals surface area contributed by atoms with Gasteiger partial charge in [0, 0.05) is 5.57 Å². The lowest BCUT2D eigenvalue weighted by Gasteiger charge is -2.32. The van der Waals surface area contributed by atoms with Crippen LogP contribution in [0.15, 0.2) is 29.8 Å². The molecule has 22 heavy (non-hydrogen) atoms. The van der Waals surface area contributed by atoms with Crippen molar-refractivity contribution in [1.82, 2.24) is 0 Å². The topological polar surface area (TPSA) is 46.6 Å². The number of amides is 1. The molecule has 1 atom stereocenters. The molecule has 1 heterocycles. The third-order valence-corrected chi connectivity index (χ3v) is 4.08. The number of hydrogen-bond acceptors (Lipinski definition) is 3. The average molecular weight is 313 g/mol. The molecule has 1 aromatic carbocycles. The van der Waals surface area contributed by atoms with Crippen LogP contribution in [-0.2, 0) is 9.53 Å². The van der Waals surface area contributed by atoms with Gasteiger partial charge in [-0.05, 0) is 17.7 Å². The number of aldehydes is 1. The molecule has 4 nitrogen and oxygen atoms in total. The van der Waals surface area contributed by atoms with E-state index >= 15 is 0 Å². The summed E-state index contributed by atoms with van der Waals surface area (Å²) >= 11 is 0. The van der Waals surface area contributed by atoms with E-state index in [-0.39, 0.29) is 0 Å². The maximum absolute atomic E-state index is 12.2. The van der Waals surface area contributed by atoms with E-state index in [1.807, 2.05) is 24.3 Å². The van der Waals surface area contributed by atoms with Gasteiger partial charge >= 0.3 is 6.09 Å². The number of anilines is 1. The molecule has 1 aromatic rings. The summed E-state index contributed by atoms with van der Waals surface area (Å²) in [6, 6.07) is 6.79. The highest BCUT2D eigenvalue weighted by atomic mass is 28.3. The van der Waals surface area contributed by atoms with Gasteiger partial charge in [0.15, 0.2) is 0 Å². The SMILES string of the molecule is COC(=O)N1c2ccccc2C=C(C=O)[C@@H]1C#C[Si](C)(C)C. The number of benzene rings is 1. The maximum Gasteiger partial charge on any atom is 0.415 e. The van der Waals surface area contributed by atoms with Crippen LogP contribution < -0.4 is 4.90 Å². The van der Waals surface area contributed by atoms with Crippen LogP contribution in [0.3, 0.4) is 0 Å². The lowest BCUT2D eigenvalue weighted by Crippen LogP contribution is -2.43. The zero-order chi connectivity index (χ0) is 16.3. The number of rotatable bonds is 1. The van der Waals surface area contributed by atoms with E-state index < -0.39 is 20.2 Å². The largest absolute Gasteiger partial charge is 0.452 e. The molecule has 0 spiro atoms. The molecule has 1 amide bonds. The Morgan fingerprint density at radius 1 is 1.32 bits per heavy atom. The van der Waals surface area contributed by atoms with Crippen molar-refractivity contribution in [3.05, 3.63) is 35.4 Å². The van der Waals surface area contributed by atoms with Gasteiger partial charge in [0.1, 0.15) is 20.4 Å². The fraction of sp³-hybridized carbons (Fsp3) is 0.294. The Bertz CT molecular complexity index is 692. The van der Waals surface area contributed by atoms with Crippen LogP contribution in [0.5, 0.6) is 0 Å². The molecule has 114 valence electrons. The number of nitrogens with zero attached hydrogens (tertiary/aromatic N) is 1. The van der Waals surface area contributed by atoms with Gasteiger partial charge < -0.3 is 4.74 Å². The lowest BCUT2D eigenvalue weighted by atomic mass is 9.97. The lowest BCUT2D eigenvalue weighted by molar-refractivity contribution is -0.105. The van der Waals surface area contributed by atoms with Crippen molar-refractivity contribution in [3.63, 3.8) is 0 Å². The first-order chi connectivity index (χ1) is 10.4. The van der Waals surface area contributed by atoms with Crippen LogP contribution in [0, 0.1) is 11.5 Å². The highest BCUT2D eigenvalue weighted by molar-refractivity contribution is 6.83. The third-order valence-electron chi connectivity index (χ3n) is 3.18.